The van der Waals surface area contributed by atoms with Crippen LogP contribution in [0.2, 0.25) is 0 Å². The van der Waals surface area contributed by atoms with E-state index in [1.54, 1.807) is 7.11 Å². The largest absolute Gasteiger partial charge is 0.384 e. The van der Waals surface area contributed by atoms with Gasteiger partial charge >= 0.3 is 0 Å². The van der Waals surface area contributed by atoms with E-state index in [4.69, 9.17) is 4.74 Å². The average molecular weight is 200 g/mol. The topological polar surface area (TPSA) is 9.23 Å². The van der Waals surface area contributed by atoms with Crippen molar-refractivity contribution in [3.8, 4) is 0 Å². The van der Waals surface area contributed by atoms with Crippen LogP contribution in [-0.2, 0) is 4.74 Å². The molecule has 0 N–H and O–H groups in total. The third kappa shape index (κ3) is 1.53. The van der Waals surface area contributed by atoms with Crippen LogP contribution in [0.1, 0.15) is 24.0 Å². The normalized spacial score (nSPS) is 22.1. The van der Waals surface area contributed by atoms with Gasteiger partial charge in [0.05, 0.1) is 6.61 Å². The van der Waals surface area contributed by atoms with Crippen LogP contribution in [0.25, 0.3) is 5.57 Å². The van der Waals surface area contributed by atoms with Crippen molar-refractivity contribution in [3.63, 3.8) is 0 Å². The molecule has 0 aliphatic heterocycles. The molecule has 1 aliphatic carbocycles. The Labute approximate surface area is 91.1 Å². The van der Waals surface area contributed by atoms with Crippen molar-refractivity contribution in [2.45, 2.75) is 12.8 Å². The van der Waals surface area contributed by atoms with Crippen molar-refractivity contribution in [2.75, 3.05) is 13.7 Å². The van der Waals surface area contributed by atoms with Crippen LogP contribution in [0.4, 0.5) is 0 Å². The number of allylic oxidation sites excluding steroid dienone is 2. The van der Waals surface area contributed by atoms with Gasteiger partial charge in [-0.15, -0.1) is 0 Å². The fraction of sp³-hybridized carbons (Fsp3) is 0.286. The lowest BCUT2D eigenvalue weighted by atomic mass is 9.99. The molecule has 0 fully saturated rings. The van der Waals surface area contributed by atoms with Crippen molar-refractivity contribution in [1.29, 1.82) is 0 Å². The third-order valence-corrected chi connectivity index (χ3v) is 3.01. The minimum atomic E-state index is 0.331. The van der Waals surface area contributed by atoms with Gasteiger partial charge in [0.25, 0.3) is 0 Å². The standard InChI is InChI=1S/C14H16O/c1-4-11-10(2)14(9-15-3)13-8-6-5-7-12(11)13/h4-8,14H,2,9H2,1,3H3/b11-4+. The smallest absolute Gasteiger partial charge is 0.0571 e. The quantitative estimate of drug-likeness (QED) is 0.711. The second kappa shape index (κ2) is 4.03. The SMILES string of the molecule is C=C1/C(=C\C)c2ccccc2C1COC. The van der Waals surface area contributed by atoms with Gasteiger partial charge in [0, 0.05) is 13.0 Å². The number of fused-ring (bicyclic) bond motifs is 1. The van der Waals surface area contributed by atoms with E-state index in [0.717, 1.165) is 0 Å². The maximum atomic E-state index is 5.26. The minimum Gasteiger partial charge on any atom is -0.384 e. The fourth-order valence-electron chi connectivity index (χ4n) is 2.29. The number of hydrogen-bond donors (Lipinski definition) is 0. The zero-order valence-corrected chi connectivity index (χ0v) is 9.29. The van der Waals surface area contributed by atoms with E-state index >= 15 is 0 Å². The Morgan fingerprint density at radius 3 is 2.80 bits per heavy atom. The summed E-state index contributed by atoms with van der Waals surface area (Å²) < 4.78 is 5.26. The highest BCUT2D eigenvalue weighted by atomic mass is 16.5. The zero-order valence-electron chi connectivity index (χ0n) is 9.29. The Morgan fingerprint density at radius 2 is 2.13 bits per heavy atom. The van der Waals surface area contributed by atoms with Gasteiger partial charge in [-0.3, -0.25) is 0 Å². The van der Waals surface area contributed by atoms with Gasteiger partial charge in [-0.2, -0.15) is 0 Å². The highest BCUT2D eigenvalue weighted by Crippen LogP contribution is 2.44. The van der Waals surface area contributed by atoms with Crippen LogP contribution in [-0.4, -0.2) is 13.7 Å². The Balaban J connectivity index is 2.51. The predicted molar refractivity (Wildman–Crippen MR) is 63.9 cm³/mol. The molecule has 0 heterocycles. The van der Waals surface area contributed by atoms with Gasteiger partial charge in [0.2, 0.25) is 0 Å². The Bertz CT molecular complexity index is 415. The molecule has 1 aromatic carbocycles. The molecule has 0 amide bonds. The lowest BCUT2D eigenvalue weighted by Gasteiger charge is -2.10. The second-order valence-corrected chi connectivity index (χ2v) is 3.82. The van der Waals surface area contributed by atoms with Gasteiger partial charge < -0.3 is 4.74 Å². The Morgan fingerprint density at radius 1 is 1.40 bits per heavy atom. The predicted octanol–water partition coefficient (Wildman–Crippen LogP) is 3.39. The van der Waals surface area contributed by atoms with Crippen molar-refractivity contribution in [2.24, 2.45) is 0 Å². The van der Waals surface area contributed by atoms with E-state index in [0.29, 0.717) is 12.5 Å². The molecule has 0 radical (unpaired) electrons. The lowest BCUT2D eigenvalue weighted by molar-refractivity contribution is 0.190. The molecule has 1 aromatic rings. The first-order valence-corrected chi connectivity index (χ1v) is 5.23. The van der Waals surface area contributed by atoms with E-state index in [1.807, 2.05) is 0 Å². The highest BCUT2D eigenvalue weighted by Gasteiger charge is 2.28. The van der Waals surface area contributed by atoms with Crippen LogP contribution in [0, 0.1) is 0 Å². The summed E-state index contributed by atoms with van der Waals surface area (Å²) in [7, 11) is 1.74. The molecule has 1 nitrogen and oxygen atoms in total. The molecule has 78 valence electrons. The van der Waals surface area contributed by atoms with Gasteiger partial charge in [-0.05, 0) is 29.2 Å². The zero-order chi connectivity index (χ0) is 10.8. The van der Waals surface area contributed by atoms with E-state index in [1.165, 1.54) is 22.3 Å². The molecule has 1 unspecified atom stereocenters. The van der Waals surface area contributed by atoms with E-state index in [2.05, 4.69) is 43.8 Å². The Kier molecular flexibility index (Phi) is 2.74. The molecule has 1 aliphatic rings. The first-order valence-electron chi connectivity index (χ1n) is 5.23. The number of methoxy groups -OCH3 is 1. The Hall–Kier alpha value is -1.34. The molecule has 0 bridgehead atoms. The van der Waals surface area contributed by atoms with Crippen molar-refractivity contribution < 1.29 is 4.74 Å². The number of benzene rings is 1. The highest BCUT2D eigenvalue weighted by molar-refractivity contribution is 5.87. The van der Waals surface area contributed by atoms with Gasteiger partial charge in [0.15, 0.2) is 0 Å². The van der Waals surface area contributed by atoms with Crippen molar-refractivity contribution in [3.05, 3.63) is 53.6 Å². The summed E-state index contributed by atoms with van der Waals surface area (Å²) >= 11 is 0. The first kappa shape index (κ1) is 10.2. The second-order valence-electron chi connectivity index (χ2n) is 3.82. The lowest BCUT2D eigenvalue weighted by Crippen LogP contribution is -2.03. The van der Waals surface area contributed by atoms with Crippen LogP contribution in [0.5, 0.6) is 0 Å². The third-order valence-electron chi connectivity index (χ3n) is 3.01. The summed E-state index contributed by atoms with van der Waals surface area (Å²) in [5, 5.41) is 0. The summed E-state index contributed by atoms with van der Waals surface area (Å²) in [6.07, 6.45) is 2.14. The summed E-state index contributed by atoms with van der Waals surface area (Å²) in [6, 6.07) is 8.48. The van der Waals surface area contributed by atoms with Gasteiger partial charge in [0.1, 0.15) is 0 Å². The summed E-state index contributed by atoms with van der Waals surface area (Å²) in [5.41, 5.74) is 5.11. The maximum absolute atomic E-state index is 5.26. The molecule has 15 heavy (non-hydrogen) atoms. The molecular formula is C14H16O. The van der Waals surface area contributed by atoms with E-state index < -0.39 is 0 Å². The van der Waals surface area contributed by atoms with E-state index in [9.17, 15) is 0 Å². The molecule has 1 heteroatoms. The molecule has 0 spiro atoms. The van der Waals surface area contributed by atoms with Crippen molar-refractivity contribution in [1.82, 2.24) is 0 Å². The molecule has 0 aromatic heterocycles. The molecule has 0 saturated heterocycles. The molecule has 0 saturated carbocycles. The van der Waals surface area contributed by atoms with Crippen LogP contribution < -0.4 is 0 Å². The number of rotatable bonds is 2. The fourth-order valence-corrected chi connectivity index (χ4v) is 2.29. The average Bonchev–Trinajstić information content (AvgIpc) is 2.53. The summed E-state index contributed by atoms with van der Waals surface area (Å²) in [4.78, 5) is 0. The number of hydrogen-bond acceptors (Lipinski definition) is 1. The summed E-state index contributed by atoms with van der Waals surface area (Å²) in [5.74, 6) is 0.331. The van der Waals surface area contributed by atoms with Crippen LogP contribution >= 0.6 is 0 Å². The monoisotopic (exact) mass is 200 g/mol. The summed E-state index contributed by atoms with van der Waals surface area (Å²) in [6.45, 7) is 6.95. The van der Waals surface area contributed by atoms with Gasteiger partial charge in [-0.1, -0.05) is 36.9 Å². The first-order chi connectivity index (χ1) is 7.29. The molecule has 2 rings (SSSR count). The maximum Gasteiger partial charge on any atom is 0.0571 e. The van der Waals surface area contributed by atoms with Crippen LogP contribution in [0.15, 0.2) is 42.5 Å². The molecular weight excluding hydrogens is 184 g/mol. The van der Waals surface area contributed by atoms with Crippen LogP contribution in [0.3, 0.4) is 0 Å². The molecule has 1 atom stereocenters. The number of ether oxygens (including phenoxy) is 1. The van der Waals surface area contributed by atoms with E-state index in [-0.39, 0.29) is 0 Å². The van der Waals surface area contributed by atoms with Crippen molar-refractivity contribution >= 4 is 5.57 Å². The van der Waals surface area contributed by atoms with Gasteiger partial charge in [-0.25, -0.2) is 0 Å². The minimum absolute atomic E-state index is 0.331.